The molecule has 4 saturated carbocycles. The SMILES string of the molecule is CC(=O)OCCCC1(O)CC[C@H]2[C@@H]3CCC4CC(=O)CC[C@]4(C)[C@@H]3CC[C@@]21C. The van der Waals surface area contributed by atoms with E-state index < -0.39 is 5.60 Å². The number of Topliss-reactive ketones (excluding diaryl/α,β-unsaturated/α-hetero) is 1. The monoisotopic (exact) mass is 390 g/mol. The highest BCUT2D eigenvalue weighted by Gasteiger charge is 2.64. The number of hydrogen-bond acceptors (Lipinski definition) is 4. The Bertz CT molecular complexity index is 645. The average Bonchev–Trinajstić information content (AvgIpc) is 2.91. The van der Waals surface area contributed by atoms with Gasteiger partial charge in [0.1, 0.15) is 5.78 Å². The van der Waals surface area contributed by atoms with Crippen LogP contribution in [0.2, 0.25) is 0 Å². The molecule has 4 fully saturated rings. The zero-order chi connectivity index (χ0) is 20.2. The number of rotatable bonds is 4. The van der Waals surface area contributed by atoms with Crippen molar-refractivity contribution >= 4 is 11.8 Å². The fourth-order valence-corrected chi connectivity index (χ4v) is 8.15. The van der Waals surface area contributed by atoms with E-state index in [4.69, 9.17) is 4.74 Å². The van der Waals surface area contributed by atoms with Crippen molar-refractivity contribution in [1.29, 1.82) is 0 Å². The van der Waals surface area contributed by atoms with Crippen molar-refractivity contribution in [3.63, 3.8) is 0 Å². The van der Waals surface area contributed by atoms with Gasteiger partial charge in [-0.15, -0.1) is 0 Å². The summed E-state index contributed by atoms with van der Waals surface area (Å²) in [6.07, 6.45) is 10.9. The van der Waals surface area contributed by atoms with Crippen molar-refractivity contribution in [3.05, 3.63) is 0 Å². The van der Waals surface area contributed by atoms with Crippen LogP contribution in [-0.2, 0) is 14.3 Å². The summed E-state index contributed by atoms with van der Waals surface area (Å²) in [4.78, 5) is 23.1. The molecule has 0 aliphatic heterocycles. The molecular weight excluding hydrogens is 352 g/mol. The van der Waals surface area contributed by atoms with Crippen LogP contribution in [0.4, 0.5) is 0 Å². The van der Waals surface area contributed by atoms with Crippen LogP contribution in [0.25, 0.3) is 0 Å². The Kier molecular flexibility index (Phi) is 5.17. The molecule has 0 bridgehead atoms. The number of hydrogen-bond donors (Lipinski definition) is 1. The quantitative estimate of drug-likeness (QED) is 0.559. The second-order valence-corrected chi connectivity index (χ2v) is 10.9. The lowest BCUT2D eigenvalue weighted by molar-refractivity contribution is -0.160. The zero-order valence-electron chi connectivity index (χ0n) is 18.0. The van der Waals surface area contributed by atoms with Crippen LogP contribution in [0.15, 0.2) is 0 Å². The number of carbonyl (C=O) groups excluding carboxylic acids is 2. The van der Waals surface area contributed by atoms with Gasteiger partial charge in [-0.3, -0.25) is 9.59 Å². The van der Waals surface area contributed by atoms with E-state index in [2.05, 4.69) is 13.8 Å². The first kappa shape index (κ1) is 20.4. The molecule has 0 saturated heterocycles. The summed E-state index contributed by atoms with van der Waals surface area (Å²) in [6, 6.07) is 0. The van der Waals surface area contributed by atoms with E-state index in [1.807, 2.05) is 0 Å². The second kappa shape index (κ2) is 7.11. The average molecular weight is 391 g/mol. The molecule has 7 atom stereocenters. The first-order valence-electron chi connectivity index (χ1n) is 11.6. The van der Waals surface area contributed by atoms with Gasteiger partial charge in [0.15, 0.2) is 0 Å². The van der Waals surface area contributed by atoms with Gasteiger partial charge < -0.3 is 9.84 Å². The van der Waals surface area contributed by atoms with E-state index in [1.54, 1.807) is 0 Å². The van der Waals surface area contributed by atoms with Gasteiger partial charge in [-0.1, -0.05) is 13.8 Å². The van der Waals surface area contributed by atoms with Crippen LogP contribution >= 0.6 is 0 Å². The van der Waals surface area contributed by atoms with Crippen molar-refractivity contribution in [3.8, 4) is 0 Å². The number of aliphatic hydroxyl groups is 1. The number of ketones is 1. The Hall–Kier alpha value is -0.900. The first-order valence-corrected chi connectivity index (χ1v) is 11.6. The zero-order valence-corrected chi connectivity index (χ0v) is 18.0. The lowest BCUT2D eigenvalue weighted by Gasteiger charge is -2.61. The number of carbonyl (C=O) groups is 2. The van der Waals surface area contributed by atoms with Crippen molar-refractivity contribution in [2.45, 2.75) is 97.0 Å². The lowest BCUT2D eigenvalue weighted by Crippen LogP contribution is -2.56. The summed E-state index contributed by atoms with van der Waals surface area (Å²) in [5.41, 5.74) is -0.310. The molecule has 0 heterocycles. The molecule has 4 nitrogen and oxygen atoms in total. The van der Waals surface area contributed by atoms with Crippen LogP contribution in [0.5, 0.6) is 0 Å². The van der Waals surface area contributed by atoms with Gasteiger partial charge in [-0.2, -0.15) is 0 Å². The minimum Gasteiger partial charge on any atom is -0.466 e. The largest absolute Gasteiger partial charge is 0.466 e. The van der Waals surface area contributed by atoms with Crippen molar-refractivity contribution in [1.82, 2.24) is 0 Å². The van der Waals surface area contributed by atoms with Crippen LogP contribution in [-0.4, -0.2) is 29.1 Å². The van der Waals surface area contributed by atoms with Gasteiger partial charge in [0.2, 0.25) is 0 Å². The fraction of sp³-hybridized carbons (Fsp3) is 0.917. The maximum absolute atomic E-state index is 12.0. The summed E-state index contributed by atoms with van der Waals surface area (Å²) in [5.74, 6) is 2.85. The van der Waals surface area contributed by atoms with Crippen molar-refractivity contribution in [2.75, 3.05) is 6.61 Å². The lowest BCUT2D eigenvalue weighted by atomic mass is 9.44. The van der Waals surface area contributed by atoms with E-state index in [1.165, 1.54) is 26.2 Å². The standard InChI is InChI=1S/C24H38O4/c1-16(25)28-14-4-10-24(27)13-9-21-19-6-5-17-15-18(26)7-11-22(17,2)20(19)8-12-23(21,24)3/h17,19-21,27H,4-15H2,1-3H3/t17?,19-,20-,21+,22+,23+,24?/m1/s1. The topological polar surface area (TPSA) is 63.6 Å². The molecule has 0 spiro atoms. The van der Waals surface area contributed by atoms with Gasteiger partial charge in [-0.05, 0) is 92.3 Å². The van der Waals surface area contributed by atoms with E-state index in [9.17, 15) is 14.7 Å². The fourth-order valence-electron chi connectivity index (χ4n) is 8.15. The van der Waals surface area contributed by atoms with Crippen LogP contribution in [0.3, 0.4) is 0 Å². The Morgan fingerprint density at radius 1 is 1.11 bits per heavy atom. The third kappa shape index (κ3) is 3.05. The van der Waals surface area contributed by atoms with Crippen molar-refractivity contribution in [2.24, 2.45) is 34.5 Å². The summed E-state index contributed by atoms with van der Waals surface area (Å²) >= 11 is 0. The van der Waals surface area contributed by atoms with Crippen LogP contribution in [0, 0.1) is 34.5 Å². The highest BCUT2D eigenvalue weighted by molar-refractivity contribution is 5.79. The van der Waals surface area contributed by atoms with Crippen molar-refractivity contribution < 1.29 is 19.4 Å². The van der Waals surface area contributed by atoms with Gasteiger partial charge in [0.25, 0.3) is 0 Å². The maximum atomic E-state index is 12.0. The number of ether oxygens (including phenoxy) is 1. The molecule has 28 heavy (non-hydrogen) atoms. The molecule has 0 radical (unpaired) electrons. The molecule has 4 heteroatoms. The molecule has 4 aliphatic carbocycles. The first-order chi connectivity index (χ1) is 13.2. The van der Waals surface area contributed by atoms with E-state index in [-0.39, 0.29) is 11.4 Å². The molecule has 0 aromatic carbocycles. The van der Waals surface area contributed by atoms with E-state index >= 15 is 0 Å². The highest BCUT2D eigenvalue weighted by Crippen LogP contribution is 2.68. The number of esters is 1. The molecule has 2 unspecified atom stereocenters. The van der Waals surface area contributed by atoms with E-state index in [0.29, 0.717) is 35.6 Å². The third-order valence-corrected chi connectivity index (χ3v) is 9.84. The predicted molar refractivity (Wildman–Crippen MR) is 108 cm³/mol. The minimum atomic E-state index is -0.622. The summed E-state index contributed by atoms with van der Waals surface area (Å²) in [7, 11) is 0. The van der Waals surface area contributed by atoms with Gasteiger partial charge in [0, 0.05) is 19.8 Å². The Labute approximate surface area is 169 Å². The molecule has 0 aromatic heterocycles. The van der Waals surface area contributed by atoms with Gasteiger partial charge in [-0.25, -0.2) is 0 Å². The van der Waals surface area contributed by atoms with E-state index in [0.717, 1.165) is 57.3 Å². The van der Waals surface area contributed by atoms with Crippen LogP contribution in [0.1, 0.15) is 91.4 Å². The molecule has 4 aliphatic rings. The van der Waals surface area contributed by atoms with Crippen LogP contribution < -0.4 is 0 Å². The molecule has 1 N–H and O–H groups in total. The normalized spacial score (nSPS) is 47.8. The second-order valence-electron chi connectivity index (χ2n) is 10.9. The number of fused-ring (bicyclic) bond motifs is 5. The molecule has 4 rings (SSSR count). The van der Waals surface area contributed by atoms with Gasteiger partial charge in [0.05, 0.1) is 12.2 Å². The summed E-state index contributed by atoms with van der Waals surface area (Å²) in [6.45, 7) is 6.67. The maximum Gasteiger partial charge on any atom is 0.302 e. The minimum absolute atomic E-state index is 0.0158. The smallest absolute Gasteiger partial charge is 0.302 e. The molecular formula is C24H38O4. The molecule has 158 valence electrons. The summed E-state index contributed by atoms with van der Waals surface area (Å²) in [5, 5.41) is 11.6. The Morgan fingerprint density at radius 2 is 1.86 bits per heavy atom. The Balaban J connectivity index is 1.49. The Morgan fingerprint density at radius 3 is 2.61 bits per heavy atom. The third-order valence-electron chi connectivity index (χ3n) is 9.84. The summed E-state index contributed by atoms with van der Waals surface area (Å²) < 4.78 is 5.11. The molecule has 0 amide bonds. The van der Waals surface area contributed by atoms with Gasteiger partial charge >= 0.3 is 5.97 Å². The predicted octanol–water partition coefficient (Wildman–Crippen LogP) is 4.67. The molecule has 0 aromatic rings. The highest BCUT2D eigenvalue weighted by atomic mass is 16.5.